The Kier molecular flexibility index (Phi) is 6.59. The Bertz CT molecular complexity index is 1540. The third kappa shape index (κ3) is 4.63. The molecule has 2 aromatic carbocycles. The minimum atomic E-state index is -0.568. The van der Waals surface area contributed by atoms with Crippen LogP contribution in [0.5, 0.6) is 11.5 Å². The van der Waals surface area contributed by atoms with Crippen LogP contribution in [0, 0.1) is 0 Å². The Balaban J connectivity index is 1.63. The van der Waals surface area contributed by atoms with Gasteiger partial charge in [-0.2, -0.15) is 5.10 Å². The first-order valence-electron chi connectivity index (χ1n) is 12.0. The predicted molar refractivity (Wildman–Crippen MR) is 141 cm³/mol. The zero-order chi connectivity index (χ0) is 25.9. The van der Waals surface area contributed by atoms with Gasteiger partial charge >= 0.3 is 0 Å². The summed E-state index contributed by atoms with van der Waals surface area (Å²) in [6.45, 7) is 2.63. The number of hydrogen-bond acceptors (Lipinski definition) is 6. The van der Waals surface area contributed by atoms with Crippen LogP contribution < -0.4 is 14.8 Å². The van der Waals surface area contributed by atoms with Crippen LogP contribution in [0.4, 0.5) is 0 Å². The Morgan fingerprint density at radius 3 is 2.41 bits per heavy atom. The molecule has 1 unspecified atom stereocenters. The number of aromatic nitrogens is 5. The molecule has 1 atom stereocenters. The molecule has 0 saturated heterocycles. The van der Waals surface area contributed by atoms with Gasteiger partial charge in [0.15, 0.2) is 5.65 Å². The van der Waals surface area contributed by atoms with E-state index in [9.17, 15) is 4.79 Å². The van der Waals surface area contributed by atoms with Crippen molar-refractivity contribution < 1.29 is 14.3 Å². The van der Waals surface area contributed by atoms with E-state index >= 15 is 0 Å². The number of ether oxygens (including phenoxy) is 2. The number of nitrogens with one attached hydrogen (secondary N) is 1. The van der Waals surface area contributed by atoms with E-state index in [4.69, 9.17) is 14.5 Å². The van der Waals surface area contributed by atoms with Gasteiger partial charge in [-0.05, 0) is 30.7 Å². The zero-order valence-electron chi connectivity index (χ0n) is 21.2. The molecule has 0 spiro atoms. The van der Waals surface area contributed by atoms with E-state index < -0.39 is 6.04 Å². The number of hydrogen-bond donors (Lipinski definition) is 1. The normalized spacial score (nSPS) is 11.9. The van der Waals surface area contributed by atoms with Crippen molar-refractivity contribution in [1.29, 1.82) is 0 Å². The lowest BCUT2D eigenvalue weighted by Gasteiger charge is -2.21. The summed E-state index contributed by atoms with van der Waals surface area (Å²) >= 11 is 0. The molecule has 0 radical (unpaired) electrons. The van der Waals surface area contributed by atoms with Crippen molar-refractivity contribution in [1.82, 2.24) is 29.6 Å². The minimum absolute atomic E-state index is 0.268. The Hall–Kier alpha value is -4.66. The highest BCUT2D eigenvalue weighted by atomic mass is 16.5. The van der Waals surface area contributed by atoms with Gasteiger partial charge in [-0.15, -0.1) is 0 Å². The van der Waals surface area contributed by atoms with E-state index in [1.54, 1.807) is 37.4 Å². The van der Waals surface area contributed by atoms with Gasteiger partial charge in [0.05, 0.1) is 37.1 Å². The standard InChI is InChI=1S/C28H28N6O3/c1-5-34-26-23(17-30-34)22(16-24(31-26)18-9-7-6-8-10-18)28(35)32-25(27-29-11-12-33(27)2)19-13-20(36-3)15-21(14-19)37-4/h6-17,25H,5H2,1-4H3,(H,32,35). The molecular weight excluding hydrogens is 468 g/mol. The fourth-order valence-electron chi connectivity index (χ4n) is 4.38. The lowest BCUT2D eigenvalue weighted by Crippen LogP contribution is -2.31. The molecule has 5 rings (SSSR count). The van der Waals surface area contributed by atoms with Crippen molar-refractivity contribution >= 4 is 16.9 Å². The molecule has 1 N–H and O–H groups in total. The summed E-state index contributed by atoms with van der Waals surface area (Å²) in [5, 5.41) is 8.34. The monoisotopic (exact) mass is 496 g/mol. The van der Waals surface area contributed by atoms with E-state index in [-0.39, 0.29) is 5.91 Å². The lowest BCUT2D eigenvalue weighted by molar-refractivity contribution is 0.0942. The predicted octanol–water partition coefficient (Wildman–Crippen LogP) is 4.39. The average molecular weight is 497 g/mol. The third-order valence-corrected chi connectivity index (χ3v) is 6.32. The van der Waals surface area contributed by atoms with E-state index in [1.165, 1.54) is 0 Å². The van der Waals surface area contributed by atoms with Gasteiger partial charge in [0.25, 0.3) is 5.91 Å². The number of rotatable bonds is 8. The molecular formula is C28H28N6O3. The van der Waals surface area contributed by atoms with Crippen LogP contribution in [0.15, 0.2) is 73.2 Å². The van der Waals surface area contributed by atoms with Crippen molar-refractivity contribution in [2.24, 2.45) is 7.05 Å². The number of imidazole rings is 1. The van der Waals surface area contributed by atoms with Crippen molar-refractivity contribution in [3.05, 3.63) is 90.1 Å². The number of methoxy groups -OCH3 is 2. The highest BCUT2D eigenvalue weighted by molar-refractivity contribution is 6.06. The van der Waals surface area contributed by atoms with Gasteiger partial charge in [-0.25, -0.2) is 14.6 Å². The Labute approximate surface area is 214 Å². The molecule has 9 nitrogen and oxygen atoms in total. The first kappa shape index (κ1) is 24.1. The molecule has 1 amide bonds. The van der Waals surface area contributed by atoms with Gasteiger partial charge in [-0.1, -0.05) is 30.3 Å². The zero-order valence-corrected chi connectivity index (χ0v) is 21.2. The number of carbonyl (C=O) groups is 1. The molecule has 0 aliphatic rings. The Morgan fingerprint density at radius 1 is 1.05 bits per heavy atom. The summed E-state index contributed by atoms with van der Waals surface area (Å²) in [5.41, 5.74) is 3.53. The van der Waals surface area contributed by atoms with Gasteiger partial charge in [0.1, 0.15) is 23.4 Å². The Morgan fingerprint density at radius 2 is 1.78 bits per heavy atom. The minimum Gasteiger partial charge on any atom is -0.497 e. The summed E-state index contributed by atoms with van der Waals surface area (Å²) in [5.74, 6) is 1.63. The topological polar surface area (TPSA) is 96.1 Å². The first-order chi connectivity index (χ1) is 18.0. The van der Waals surface area contributed by atoms with Crippen molar-refractivity contribution in [3.8, 4) is 22.8 Å². The fraction of sp³-hybridized carbons (Fsp3) is 0.214. The third-order valence-electron chi connectivity index (χ3n) is 6.32. The van der Waals surface area contributed by atoms with E-state index in [2.05, 4.69) is 15.4 Å². The second-order valence-corrected chi connectivity index (χ2v) is 8.57. The van der Waals surface area contributed by atoms with Crippen LogP contribution in [-0.4, -0.2) is 44.4 Å². The summed E-state index contributed by atoms with van der Waals surface area (Å²) in [6, 6.07) is 16.6. The molecule has 3 heterocycles. The summed E-state index contributed by atoms with van der Waals surface area (Å²) in [4.78, 5) is 23.3. The molecule has 0 aliphatic heterocycles. The van der Waals surface area contributed by atoms with Gasteiger partial charge in [0.2, 0.25) is 0 Å². The maximum atomic E-state index is 14.0. The van der Waals surface area contributed by atoms with Crippen LogP contribution in [0.25, 0.3) is 22.3 Å². The molecule has 3 aromatic heterocycles. The summed E-state index contributed by atoms with van der Waals surface area (Å²) in [7, 11) is 5.08. The molecule has 0 aliphatic carbocycles. The van der Waals surface area contributed by atoms with E-state index in [0.717, 1.165) is 11.1 Å². The molecule has 9 heteroatoms. The average Bonchev–Trinajstić information content (AvgIpc) is 3.56. The van der Waals surface area contributed by atoms with Crippen LogP contribution in [0.1, 0.15) is 34.7 Å². The SMILES string of the molecule is CCn1ncc2c(C(=O)NC(c3cc(OC)cc(OC)c3)c3nccn3C)cc(-c3ccccc3)nc21. The van der Waals surface area contributed by atoms with E-state index in [0.29, 0.717) is 46.2 Å². The van der Waals surface area contributed by atoms with E-state index in [1.807, 2.05) is 73.3 Å². The molecule has 37 heavy (non-hydrogen) atoms. The number of amides is 1. The van der Waals surface area contributed by atoms with Crippen molar-refractivity contribution in [2.75, 3.05) is 14.2 Å². The molecule has 0 fully saturated rings. The molecule has 0 saturated carbocycles. The number of benzene rings is 2. The van der Waals surface area contributed by atoms with Gasteiger partial charge < -0.3 is 19.4 Å². The second kappa shape index (κ2) is 10.1. The first-order valence-corrected chi connectivity index (χ1v) is 12.0. The second-order valence-electron chi connectivity index (χ2n) is 8.57. The summed E-state index contributed by atoms with van der Waals surface area (Å²) < 4.78 is 14.6. The van der Waals surface area contributed by atoms with Crippen molar-refractivity contribution in [2.45, 2.75) is 19.5 Å². The summed E-state index contributed by atoms with van der Waals surface area (Å²) in [6.07, 6.45) is 5.24. The van der Waals surface area contributed by atoms with Crippen LogP contribution in [0.2, 0.25) is 0 Å². The highest BCUT2D eigenvalue weighted by Gasteiger charge is 2.25. The number of pyridine rings is 1. The van der Waals surface area contributed by atoms with Gasteiger partial charge in [-0.3, -0.25) is 4.79 Å². The van der Waals surface area contributed by atoms with Crippen molar-refractivity contribution in [3.63, 3.8) is 0 Å². The van der Waals surface area contributed by atoms with Crippen LogP contribution >= 0.6 is 0 Å². The lowest BCUT2D eigenvalue weighted by atomic mass is 10.0. The largest absolute Gasteiger partial charge is 0.497 e. The number of fused-ring (bicyclic) bond motifs is 1. The smallest absolute Gasteiger partial charge is 0.253 e. The van der Waals surface area contributed by atoms with Crippen LogP contribution in [0.3, 0.4) is 0 Å². The van der Waals surface area contributed by atoms with Gasteiger partial charge in [0, 0.05) is 37.6 Å². The number of carbonyl (C=O) groups excluding carboxylic acids is 1. The number of nitrogens with zero attached hydrogens (tertiary/aromatic N) is 5. The quantitative estimate of drug-likeness (QED) is 0.342. The highest BCUT2D eigenvalue weighted by Crippen LogP contribution is 2.31. The maximum Gasteiger partial charge on any atom is 0.253 e. The maximum absolute atomic E-state index is 14.0. The number of aryl methyl sites for hydroxylation is 2. The van der Waals surface area contributed by atoms with Crippen LogP contribution in [-0.2, 0) is 13.6 Å². The molecule has 5 aromatic rings. The molecule has 188 valence electrons. The fourth-order valence-corrected chi connectivity index (χ4v) is 4.38. The molecule has 0 bridgehead atoms.